The largest absolute Gasteiger partial charge is 0.488 e. The molecule has 4 aromatic rings. The second-order valence-corrected chi connectivity index (χ2v) is 9.26. The number of hydrogen-bond acceptors (Lipinski definition) is 3. The number of halogens is 2. The molecule has 1 aliphatic rings. The quantitative estimate of drug-likeness (QED) is 0.300. The van der Waals surface area contributed by atoms with Crippen molar-refractivity contribution in [3.63, 3.8) is 0 Å². The molecule has 0 spiro atoms. The van der Waals surface area contributed by atoms with Gasteiger partial charge in [0.15, 0.2) is 5.65 Å². The molecule has 0 aliphatic carbocycles. The Hall–Kier alpha value is -3.62. The Balaban J connectivity index is 1.62. The van der Waals surface area contributed by atoms with Crippen LogP contribution in [0.5, 0.6) is 5.75 Å². The Morgan fingerprint density at radius 3 is 2.76 bits per heavy atom. The third-order valence-electron chi connectivity index (χ3n) is 6.23. The normalized spacial score (nSPS) is 14.3. The summed E-state index contributed by atoms with van der Waals surface area (Å²) < 4.78 is 22.0. The average Bonchev–Trinajstić information content (AvgIpc) is 3.11. The monoisotopic (exact) mass is 471 g/mol. The Labute approximate surface area is 202 Å². The van der Waals surface area contributed by atoms with Gasteiger partial charge in [0.25, 0.3) is 0 Å². The van der Waals surface area contributed by atoms with E-state index < -0.39 is 0 Å². The number of hydrogen-bond donors (Lipinski definition) is 0. The van der Waals surface area contributed by atoms with Crippen molar-refractivity contribution in [3.05, 3.63) is 105 Å². The van der Waals surface area contributed by atoms with Gasteiger partial charge in [0.2, 0.25) is 0 Å². The highest BCUT2D eigenvalue weighted by atomic mass is 35.5. The Kier molecular flexibility index (Phi) is 5.63. The number of nitriles is 1. The number of ether oxygens (including phenoxy) is 1. The summed E-state index contributed by atoms with van der Waals surface area (Å²) in [5.74, 6) is 0.319. The van der Waals surface area contributed by atoms with Crippen molar-refractivity contribution in [1.82, 2.24) is 9.38 Å². The molecule has 0 radical (unpaired) electrons. The van der Waals surface area contributed by atoms with Crippen molar-refractivity contribution in [2.45, 2.75) is 39.7 Å². The standard InChI is InChI=1S/C28H23ClFN3O/c1-16(2)27-24(33-10-4-5-23(29)28(33)32-27)12-18-6-8-21-19(11-18)15-34-25-13-20(30)7-9-22(25)26(21)17(3)14-31/h4-11,13,16H,12,15H2,1-3H3/b26-17+. The lowest BCUT2D eigenvalue weighted by Crippen LogP contribution is -2.03. The van der Waals surface area contributed by atoms with Crippen LogP contribution in [-0.4, -0.2) is 9.38 Å². The number of nitrogens with zero attached hydrogens (tertiary/aromatic N) is 3. The molecule has 2 aromatic carbocycles. The molecule has 0 N–H and O–H groups in total. The maximum Gasteiger partial charge on any atom is 0.156 e. The molecule has 0 fully saturated rings. The lowest BCUT2D eigenvalue weighted by Gasteiger charge is -2.13. The second kappa shape index (κ2) is 8.62. The molecule has 170 valence electrons. The van der Waals surface area contributed by atoms with Gasteiger partial charge in [0.1, 0.15) is 18.2 Å². The zero-order valence-electron chi connectivity index (χ0n) is 19.2. The minimum atomic E-state index is -0.369. The second-order valence-electron chi connectivity index (χ2n) is 8.86. The molecule has 0 saturated carbocycles. The predicted octanol–water partition coefficient (Wildman–Crippen LogP) is 7.08. The first-order chi connectivity index (χ1) is 16.4. The molecule has 0 unspecified atom stereocenters. The molecule has 6 heteroatoms. The minimum Gasteiger partial charge on any atom is -0.488 e. The van der Waals surface area contributed by atoms with E-state index in [2.05, 4.69) is 36.5 Å². The summed E-state index contributed by atoms with van der Waals surface area (Å²) in [4.78, 5) is 4.82. The van der Waals surface area contributed by atoms with Crippen molar-refractivity contribution in [3.8, 4) is 11.8 Å². The van der Waals surface area contributed by atoms with Crippen molar-refractivity contribution in [2.24, 2.45) is 0 Å². The minimum absolute atomic E-state index is 0.243. The van der Waals surface area contributed by atoms with Gasteiger partial charge in [-0.3, -0.25) is 0 Å². The zero-order chi connectivity index (χ0) is 24.0. The van der Waals surface area contributed by atoms with Crippen LogP contribution in [0.4, 0.5) is 4.39 Å². The molecule has 5 rings (SSSR count). The van der Waals surface area contributed by atoms with E-state index >= 15 is 0 Å². The fraction of sp³-hybridized carbons (Fsp3) is 0.214. The predicted molar refractivity (Wildman–Crippen MR) is 132 cm³/mol. The van der Waals surface area contributed by atoms with Crippen LogP contribution in [0.15, 0.2) is 60.3 Å². The molecule has 2 aromatic heterocycles. The third kappa shape index (κ3) is 3.74. The molecular weight excluding hydrogens is 449 g/mol. The third-order valence-corrected chi connectivity index (χ3v) is 6.52. The van der Waals surface area contributed by atoms with Crippen molar-refractivity contribution in [1.29, 1.82) is 5.26 Å². The molecule has 0 atom stereocenters. The van der Waals surface area contributed by atoms with Crippen molar-refractivity contribution < 1.29 is 9.13 Å². The van der Waals surface area contributed by atoms with E-state index in [1.54, 1.807) is 13.0 Å². The maximum absolute atomic E-state index is 13.9. The smallest absolute Gasteiger partial charge is 0.156 e. The molecule has 0 amide bonds. The number of benzene rings is 2. The van der Waals surface area contributed by atoms with E-state index in [9.17, 15) is 9.65 Å². The maximum atomic E-state index is 13.9. The number of allylic oxidation sites excluding steroid dienone is 1. The SMILES string of the molecule is C/C(C#N)=C1/c2ccc(Cc3c(C(C)C)nc4c(Cl)cccn34)cc2COc2cc(F)ccc21. The Bertz CT molecular complexity index is 1510. The van der Waals surface area contributed by atoms with Gasteiger partial charge in [-0.05, 0) is 53.8 Å². The van der Waals surface area contributed by atoms with Crippen LogP contribution < -0.4 is 4.74 Å². The summed E-state index contributed by atoms with van der Waals surface area (Å²) in [6, 6.07) is 16.7. The number of pyridine rings is 1. The highest BCUT2D eigenvalue weighted by molar-refractivity contribution is 6.33. The van der Waals surface area contributed by atoms with Crippen LogP contribution in [0.3, 0.4) is 0 Å². The first-order valence-corrected chi connectivity index (χ1v) is 11.6. The summed E-state index contributed by atoms with van der Waals surface area (Å²) >= 11 is 6.42. The fourth-order valence-electron chi connectivity index (χ4n) is 4.64. The van der Waals surface area contributed by atoms with Gasteiger partial charge in [-0.15, -0.1) is 0 Å². The van der Waals surface area contributed by atoms with Gasteiger partial charge < -0.3 is 9.14 Å². The lowest BCUT2D eigenvalue weighted by molar-refractivity contribution is 0.305. The van der Waals surface area contributed by atoms with Gasteiger partial charge in [-0.1, -0.05) is 43.6 Å². The van der Waals surface area contributed by atoms with Crippen LogP contribution >= 0.6 is 11.6 Å². The van der Waals surface area contributed by atoms with Gasteiger partial charge >= 0.3 is 0 Å². The van der Waals surface area contributed by atoms with E-state index in [0.717, 1.165) is 44.9 Å². The van der Waals surface area contributed by atoms with Crippen molar-refractivity contribution >= 4 is 22.8 Å². The molecule has 4 nitrogen and oxygen atoms in total. The molecule has 0 bridgehead atoms. The topological polar surface area (TPSA) is 50.3 Å². The van der Waals surface area contributed by atoms with Crippen molar-refractivity contribution in [2.75, 3.05) is 0 Å². The molecule has 1 aliphatic heterocycles. The van der Waals surface area contributed by atoms with Crippen LogP contribution in [0.2, 0.25) is 5.02 Å². The Morgan fingerprint density at radius 1 is 1.21 bits per heavy atom. The fourth-order valence-corrected chi connectivity index (χ4v) is 4.84. The van der Waals surface area contributed by atoms with Gasteiger partial charge in [0, 0.05) is 35.4 Å². The zero-order valence-corrected chi connectivity index (χ0v) is 19.9. The summed E-state index contributed by atoms with van der Waals surface area (Å²) in [7, 11) is 0. The first kappa shape index (κ1) is 22.2. The molecule has 34 heavy (non-hydrogen) atoms. The van der Waals surface area contributed by atoms with Gasteiger partial charge in [-0.25, -0.2) is 9.37 Å². The Morgan fingerprint density at radius 2 is 2.00 bits per heavy atom. The number of fused-ring (bicyclic) bond motifs is 3. The molecule has 3 heterocycles. The number of aromatic nitrogens is 2. The molecular formula is C28H23ClFN3O. The lowest BCUT2D eigenvalue weighted by atomic mass is 9.89. The first-order valence-electron chi connectivity index (χ1n) is 11.2. The van der Waals surface area contributed by atoms with E-state index in [-0.39, 0.29) is 18.3 Å². The summed E-state index contributed by atoms with van der Waals surface area (Å²) in [6.07, 6.45) is 2.66. The highest BCUT2D eigenvalue weighted by Gasteiger charge is 2.23. The summed E-state index contributed by atoms with van der Waals surface area (Å²) in [6.45, 7) is 6.32. The summed E-state index contributed by atoms with van der Waals surface area (Å²) in [5, 5.41) is 10.3. The summed E-state index contributed by atoms with van der Waals surface area (Å²) in [5.41, 5.74) is 7.91. The van der Waals surface area contributed by atoms with Crippen LogP contribution in [-0.2, 0) is 13.0 Å². The molecule has 0 saturated heterocycles. The van der Waals surface area contributed by atoms with E-state index in [4.69, 9.17) is 21.3 Å². The van der Waals surface area contributed by atoms with E-state index in [1.165, 1.54) is 12.1 Å². The van der Waals surface area contributed by atoms with Gasteiger partial charge in [0.05, 0.1) is 22.5 Å². The average molecular weight is 472 g/mol. The van der Waals surface area contributed by atoms with E-state index in [1.807, 2.05) is 24.4 Å². The highest BCUT2D eigenvalue weighted by Crippen LogP contribution is 2.39. The van der Waals surface area contributed by atoms with Crippen LogP contribution in [0.1, 0.15) is 60.3 Å². The number of imidazole rings is 1. The van der Waals surface area contributed by atoms with E-state index in [0.29, 0.717) is 22.8 Å². The number of rotatable bonds is 3. The van der Waals surface area contributed by atoms with Gasteiger partial charge in [-0.2, -0.15) is 5.26 Å². The van der Waals surface area contributed by atoms with Crippen LogP contribution in [0.25, 0.3) is 11.2 Å². The van der Waals surface area contributed by atoms with Crippen LogP contribution in [0, 0.1) is 17.1 Å².